The molecule has 0 radical (unpaired) electrons. The molecule has 0 bridgehead atoms. The summed E-state index contributed by atoms with van der Waals surface area (Å²) >= 11 is 0. The van der Waals surface area contributed by atoms with Crippen molar-refractivity contribution in [2.75, 3.05) is 42.6 Å². The topological polar surface area (TPSA) is 44.8 Å². The van der Waals surface area contributed by atoms with Gasteiger partial charge >= 0.3 is 0 Å². The number of hydrogen-bond acceptors (Lipinski definition) is 4. The minimum absolute atomic E-state index is 0.0809. The fourth-order valence-electron chi connectivity index (χ4n) is 4.60. The van der Waals surface area contributed by atoms with Crippen molar-refractivity contribution < 1.29 is 13.9 Å². The van der Waals surface area contributed by atoms with Crippen molar-refractivity contribution in [3.8, 4) is 5.75 Å². The van der Waals surface area contributed by atoms with Gasteiger partial charge in [0.2, 0.25) is 0 Å². The highest BCUT2D eigenvalue weighted by molar-refractivity contribution is 6.08. The van der Waals surface area contributed by atoms with Crippen molar-refractivity contribution in [2.45, 2.75) is 52.5 Å². The third-order valence-corrected chi connectivity index (χ3v) is 6.51. The number of nitrogens with one attached hydrogen (secondary N) is 1. The molecule has 178 valence electrons. The van der Waals surface area contributed by atoms with Crippen molar-refractivity contribution in [3.05, 3.63) is 53.3 Å². The van der Waals surface area contributed by atoms with Gasteiger partial charge in [-0.2, -0.15) is 0 Å². The van der Waals surface area contributed by atoms with Crippen LogP contribution in [0.15, 0.2) is 36.4 Å². The summed E-state index contributed by atoms with van der Waals surface area (Å²) in [6.07, 6.45) is 3.84. The molecule has 33 heavy (non-hydrogen) atoms. The molecule has 0 spiro atoms. The number of ether oxygens (including phenoxy) is 1. The molecule has 2 aliphatic heterocycles. The number of nitrogens with zero attached hydrogens (tertiary/aromatic N) is 2. The average molecular weight is 454 g/mol. The van der Waals surface area contributed by atoms with E-state index in [9.17, 15) is 4.79 Å². The smallest absolute Gasteiger partial charge is 0.258 e. The number of hydrogen-bond donors (Lipinski definition) is 1. The Morgan fingerprint density at radius 2 is 2.03 bits per heavy atom. The Morgan fingerprint density at radius 3 is 2.79 bits per heavy atom. The van der Waals surface area contributed by atoms with Crippen molar-refractivity contribution in [2.24, 2.45) is 5.92 Å². The van der Waals surface area contributed by atoms with E-state index in [0.29, 0.717) is 42.0 Å². The van der Waals surface area contributed by atoms with Crippen LogP contribution < -0.4 is 19.9 Å². The molecule has 5 nitrogen and oxygen atoms in total. The van der Waals surface area contributed by atoms with E-state index in [1.807, 2.05) is 30.3 Å². The molecule has 2 heterocycles. The van der Waals surface area contributed by atoms with Crippen LogP contribution in [0.1, 0.15) is 56.0 Å². The van der Waals surface area contributed by atoms with Gasteiger partial charge in [-0.3, -0.25) is 4.79 Å². The molecule has 1 amide bonds. The van der Waals surface area contributed by atoms with E-state index in [1.54, 1.807) is 4.90 Å². The van der Waals surface area contributed by atoms with Crippen molar-refractivity contribution in [1.82, 2.24) is 5.32 Å². The maximum Gasteiger partial charge on any atom is 0.258 e. The van der Waals surface area contributed by atoms with E-state index >= 15 is 4.39 Å². The number of amides is 1. The SMILES string of the molecule is CCCCOc1ccc2c(c1)CCN(c1ccc(N3CCC(NCC(C)C)C3)c(F)c1)C2=O. The summed E-state index contributed by atoms with van der Waals surface area (Å²) in [7, 11) is 0. The van der Waals surface area contributed by atoms with E-state index in [2.05, 4.69) is 31.0 Å². The first-order valence-corrected chi connectivity index (χ1v) is 12.3. The predicted molar refractivity (Wildman–Crippen MR) is 132 cm³/mol. The zero-order chi connectivity index (χ0) is 23.4. The molecule has 1 unspecified atom stereocenters. The van der Waals surface area contributed by atoms with Gasteiger partial charge in [-0.05, 0) is 73.7 Å². The van der Waals surface area contributed by atoms with E-state index in [-0.39, 0.29) is 11.7 Å². The monoisotopic (exact) mass is 453 g/mol. The number of anilines is 2. The molecule has 2 aliphatic rings. The highest BCUT2D eigenvalue weighted by Crippen LogP contribution is 2.31. The van der Waals surface area contributed by atoms with Crippen molar-refractivity contribution in [1.29, 1.82) is 0 Å². The number of carbonyl (C=O) groups excluding carboxylic acids is 1. The summed E-state index contributed by atoms with van der Waals surface area (Å²) in [5, 5.41) is 3.57. The van der Waals surface area contributed by atoms with Gasteiger partial charge in [-0.1, -0.05) is 27.2 Å². The lowest BCUT2D eigenvalue weighted by atomic mass is 9.98. The van der Waals surface area contributed by atoms with E-state index < -0.39 is 0 Å². The van der Waals surface area contributed by atoms with Crippen LogP contribution in [0, 0.1) is 11.7 Å². The largest absolute Gasteiger partial charge is 0.494 e. The van der Waals surface area contributed by atoms with Crippen LogP contribution in [0.25, 0.3) is 0 Å². The van der Waals surface area contributed by atoms with Crippen LogP contribution in [0.3, 0.4) is 0 Å². The Kier molecular flexibility index (Phi) is 7.53. The molecule has 1 N–H and O–H groups in total. The first-order chi connectivity index (χ1) is 16.0. The molecule has 2 aromatic carbocycles. The number of benzene rings is 2. The van der Waals surface area contributed by atoms with E-state index in [4.69, 9.17) is 4.74 Å². The van der Waals surface area contributed by atoms with Gasteiger partial charge in [0.15, 0.2) is 0 Å². The lowest BCUT2D eigenvalue weighted by Gasteiger charge is -2.29. The molecule has 1 saturated heterocycles. The van der Waals surface area contributed by atoms with Gasteiger partial charge in [0.1, 0.15) is 11.6 Å². The first kappa shape index (κ1) is 23.6. The van der Waals surface area contributed by atoms with Crippen LogP contribution in [0.2, 0.25) is 0 Å². The molecule has 6 heteroatoms. The predicted octanol–water partition coefficient (Wildman–Crippen LogP) is 5.03. The summed E-state index contributed by atoms with van der Waals surface area (Å²) < 4.78 is 20.9. The molecular weight excluding hydrogens is 417 g/mol. The molecular formula is C27H36FN3O2. The van der Waals surface area contributed by atoms with Gasteiger partial charge in [0.05, 0.1) is 12.3 Å². The van der Waals surface area contributed by atoms with Crippen LogP contribution >= 0.6 is 0 Å². The average Bonchev–Trinajstić information content (AvgIpc) is 3.27. The molecule has 4 rings (SSSR count). The minimum atomic E-state index is -0.268. The molecule has 1 atom stereocenters. The summed E-state index contributed by atoms with van der Waals surface area (Å²) in [5.74, 6) is 1.06. The highest BCUT2D eigenvalue weighted by atomic mass is 19.1. The summed E-state index contributed by atoms with van der Waals surface area (Å²) in [5.41, 5.74) is 2.90. The van der Waals surface area contributed by atoms with Gasteiger partial charge in [0.25, 0.3) is 5.91 Å². The molecule has 0 aliphatic carbocycles. The van der Waals surface area contributed by atoms with Gasteiger partial charge in [-0.25, -0.2) is 4.39 Å². The normalized spacial score (nSPS) is 18.2. The first-order valence-electron chi connectivity index (χ1n) is 12.3. The van der Waals surface area contributed by atoms with Crippen molar-refractivity contribution in [3.63, 3.8) is 0 Å². The Balaban J connectivity index is 1.43. The number of halogens is 1. The highest BCUT2D eigenvalue weighted by Gasteiger charge is 2.28. The lowest BCUT2D eigenvalue weighted by Crippen LogP contribution is -2.37. The fourth-order valence-corrected chi connectivity index (χ4v) is 4.60. The second-order valence-corrected chi connectivity index (χ2v) is 9.60. The lowest BCUT2D eigenvalue weighted by molar-refractivity contribution is 0.0980. The van der Waals surface area contributed by atoms with Gasteiger partial charge in [0, 0.05) is 36.9 Å². The van der Waals surface area contributed by atoms with Crippen LogP contribution in [0.5, 0.6) is 5.75 Å². The Hall–Kier alpha value is -2.60. The maximum absolute atomic E-state index is 15.1. The zero-order valence-electron chi connectivity index (χ0n) is 20.1. The molecule has 2 aromatic rings. The molecule has 1 fully saturated rings. The number of unbranched alkanes of at least 4 members (excludes halogenated alkanes) is 1. The van der Waals surface area contributed by atoms with Gasteiger partial charge < -0.3 is 19.9 Å². The molecule has 0 aromatic heterocycles. The maximum atomic E-state index is 15.1. The molecule has 0 saturated carbocycles. The fraction of sp³-hybridized carbons (Fsp3) is 0.519. The summed E-state index contributed by atoms with van der Waals surface area (Å²) in [6, 6.07) is 11.3. The van der Waals surface area contributed by atoms with Crippen molar-refractivity contribution >= 4 is 17.3 Å². The Labute approximate surface area is 196 Å². The third kappa shape index (κ3) is 5.49. The zero-order valence-corrected chi connectivity index (χ0v) is 20.1. The second kappa shape index (κ2) is 10.6. The number of carbonyl (C=O) groups is 1. The minimum Gasteiger partial charge on any atom is -0.494 e. The van der Waals surface area contributed by atoms with E-state index in [0.717, 1.165) is 56.6 Å². The standard InChI is InChI=1S/C27H36FN3O2/c1-4-5-14-33-23-7-8-24-20(15-23)10-13-31(27(24)32)22-6-9-26(25(28)16-22)30-12-11-21(18-30)29-17-19(2)3/h6-9,15-16,19,21,29H,4-5,10-14,17-18H2,1-3H3. The third-order valence-electron chi connectivity index (χ3n) is 6.51. The second-order valence-electron chi connectivity index (χ2n) is 9.60. The summed E-state index contributed by atoms with van der Waals surface area (Å²) in [6.45, 7) is 10.4. The quantitative estimate of drug-likeness (QED) is 0.541. The van der Waals surface area contributed by atoms with Crippen LogP contribution in [0.4, 0.5) is 15.8 Å². The number of fused-ring (bicyclic) bond motifs is 1. The van der Waals surface area contributed by atoms with E-state index in [1.165, 1.54) is 6.07 Å². The Morgan fingerprint density at radius 1 is 1.18 bits per heavy atom. The summed E-state index contributed by atoms with van der Waals surface area (Å²) in [4.78, 5) is 16.9. The number of rotatable bonds is 9. The van der Waals surface area contributed by atoms with Crippen LogP contribution in [-0.4, -0.2) is 44.7 Å². The Bertz CT molecular complexity index is 978. The van der Waals surface area contributed by atoms with Crippen LogP contribution in [-0.2, 0) is 6.42 Å². The van der Waals surface area contributed by atoms with Gasteiger partial charge in [-0.15, -0.1) is 0 Å².